The van der Waals surface area contributed by atoms with E-state index in [2.05, 4.69) is 35.5 Å². The van der Waals surface area contributed by atoms with Crippen LogP contribution in [-0.4, -0.2) is 9.55 Å². The third-order valence-electron chi connectivity index (χ3n) is 2.18. The van der Waals surface area contributed by atoms with Crippen LogP contribution in [0.1, 0.15) is 12.6 Å². The Hall–Kier alpha value is -1.31. The molecule has 0 spiro atoms. The molecule has 2 aromatic rings. The Balaban J connectivity index is 2.81. The molecule has 0 unspecified atom stereocenters. The highest BCUT2D eigenvalue weighted by molar-refractivity contribution is 5.77. The fourth-order valence-corrected chi connectivity index (χ4v) is 1.62. The van der Waals surface area contributed by atoms with Gasteiger partial charge in [0, 0.05) is 23.8 Å². The van der Waals surface area contributed by atoms with Crippen LogP contribution in [0.2, 0.25) is 0 Å². The Bertz CT molecular complexity index is 401. The predicted octanol–water partition coefficient (Wildman–Crippen LogP) is 2.36. The quantitative estimate of drug-likeness (QED) is 0.626. The number of hydrogen-bond donors (Lipinski definition) is 0. The third kappa shape index (κ3) is 0.916. The van der Waals surface area contributed by atoms with Crippen molar-refractivity contribution in [3.05, 3.63) is 30.1 Å². The highest BCUT2D eigenvalue weighted by atomic mass is 15.0. The zero-order valence-electron chi connectivity index (χ0n) is 7.41. The Labute approximate surface area is 71.8 Å². The summed E-state index contributed by atoms with van der Waals surface area (Å²) in [4.78, 5) is 4.34. The van der Waals surface area contributed by atoms with Crippen molar-refractivity contribution in [3.8, 4) is 0 Å². The van der Waals surface area contributed by atoms with Crippen molar-refractivity contribution in [1.29, 1.82) is 0 Å². The van der Waals surface area contributed by atoms with Crippen LogP contribution in [0.5, 0.6) is 0 Å². The number of fused-ring (bicyclic) bond motifs is 1. The van der Waals surface area contributed by atoms with Gasteiger partial charge < -0.3 is 4.57 Å². The van der Waals surface area contributed by atoms with Gasteiger partial charge >= 0.3 is 0 Å². The molecule has 0 saturated carbocycles. The van der Waals surface area contributed by atoms with Gasteiger partial charge in [0.25, 0.3) is 0 Å². The largest absolute Gasteiger partial charge is 0.330 e. The molecule has 0 bridgehead atoms. The van der Waals surface area contributed by atoms with Crippen LogP contribution in [-0.2, 0) is 6.54 Å². The molecule has 0 fully saturated rings. The second-order valence-electron chi connectivity index (χ2n) is 2.95. The molecule has 0 atom stereocenters. The first kappa shape index (κ1) is 7.35. The van der Waals surface area contributed by atoms with E-state index in [0.717, 1.165) is 12.2 Å². The van der Waals surface area contributed by atoms with Gasteiger partial charge in [-0.25, -0.2) is 4.98 Å². The van der Waals surface area contributed by atoms with Crippen molar-refractivity contribution in [2.75, 3.05) is 0 Å². The molecular formula is C10H12N2. The molecule has 0 radical (unpaired) electrons. The van der Waals surface area contributed by atoms with Crippen LogP contribution in [0.3, 0.4) is 0 Å². The second-order valence-corrected chi connectivity index (χ2v) is 2.95. The van der Waals surface area contributed by atoms with Gasteiger partial charge in [-0.15, -0.1) is 0 Å². The molecular weight excluding hydrogens is 148 g/mol. The Morgan fingerprint density at radius 3 is 3.08 bits per heavy atom. The van der Waals surface area contributed by atoms with Gasteiger partial charge in [0.05, 0.1) is 0 Å². The fourth-order valence-electron chi connectivity index (χ4n) is 1.62. The highest BCUT2D eigenvalue weighted by Gasteiger charge is 2.02. The minimum Gasteiger partial charge on any atom is -0.330 e. The maximum atomic E-state index is 4.34. The van der Waals surface area contributed by atoms with Gasteiger partial charge in [-0.1, -0.05) is 0 Å². The van der Waals surface area contributed by atoms with Crippen molar-refractivity contribution in [2.24, 2.45) is 0 Å². The summed E-state index contributed by atoms with van der Waals surface area (Å²) < 4.78 is 2.22. The lowest BCUT2D eigenvalue weighted by Crippen LogP contribution is -1.96. The van der Waals surface area contributed by atoms with E-state index >= 15 is 0 Å². The summed E-state index contributed by atoms with van der Waals surface area (Å²) >= 11 is 0. The molecule has 0 amide bonds. The second kappa shape index (κ2) is 2.63. The van der Waals surface area contributed by atoms with Crippen molar-refractivity contribution in [3.63, 3.8) is 0 Å². The van der Waals surface area contributed by atoms with E-state index in [1.807, 2.05) is 12.3 Å². The standard InChI is InChI=1S/C10H12N2/c1-3-12-8(2)7-9-5-4-6-11-10(9)12/h4-7H,3H2,1-2H3. The first-order chi connectivity index (χ1) is 5.83. The zero-order valence-corrected chi connectivity index (χ0v) is 7.41. The third-order valence-corrected chi connectivity index (χ3v) is 2.18. The molecule has 2 rings (SSSR count). The van der Waals surface area contributed by atoms with Gasteiger partial charge in [0.15, 0.2) is 0 Å². The molecule has 0 N–H and O–H groups in total. The van der Waals surface area contributed by atoms with Crippen molar-refractivity contribution in [2.45, 2.75) is 20.4 Å². The van der Waals surface area contributed by atoms with E-state index in [4.69, 9.17) is 0 Å². The summed E-state index contributed by atoms with van der Waals surface area (Å²) in [7, 11) is 0. The van der Waals surface area contributed by atoms with Gasteiger partial charge in [-0.3, -0.25) is 0 Å². The summed E-state index contributed by atoms with van der Waals surface area (Å²) in [6.45, 7) is 5.25. The molecule has 12 heavy (non-hydrogen) atoms. The Kier molecular flexibility index (Phi) is 1.61. The van der Waals surface area contributed by atoms with E-state index in [1.54, 1.807) is 0 Å². The summed E-state index contributed by atoms with van der Waals surface area (Å²) in [6.07, 6.45) is 1.84. The van der Waals surface area contributed by atoms with Crippen molar-refractivity contribution < 1.29 is 0 Å². The maximum Gasteiger partial charge on any atom is 0.140 e. The molecule has 0 aromatic carbocycles. The summed E-state index contributed by atoms with van der Waals surface area (Å²) in [6, 6.07) is 6.25. The minimum absolute atomic E-state index is 0.992. The molecule has 2 aromatic heterocycles. The smallest absolute Gasteiger partial charge is 0.140 e. The summed E-state index contributed by atoms with van der Waals surface area (Å²) in [5.74, 6) is 0. The number of pyridine rings is 1. The Morgan fingerprint density at radius 2 is 2.33 bits per heavy atom. The SMILES string of the molecule is CCn1c(C)cc2cccnc21. The lowest BCUT2D eigenvalue weighted by molar-refractivity contribution is 0.761. The number of aromatic nitrogens is 2. The van der Waals surface area contributed by atoms with Crippen LogP contribution in [0, 0.1) is 6.92 Å². The zero-order chi connectivity index (χ0) is 8.55. The van der Waals surface area contributed by atoms with Crippen molar-refractivity contribution in [1.82, 2.24) is 9.55 Å². The molecule has 0 saturated heterocycles. The summed E-state index contributed by atoms with van der Waals surface area (Å²) in [5.41, 5.74) is 2.38. The minimum atomic E-state index is 0.992. The van der Waals surface area contributed by atoms with E-state index in [9.17, 15) is 0 Å². The maximum absolute atomic E-state index is 4.34. The first-order valence-corrected chi connectivity index (χ1v) is 4.24. The molecule has 62 valence electrons. The summed E-state index contributed by atoms with van der Waals surface area (Å²) in [5, 5.41) is 1.23. The molecule has 0 aliphatic rings. The molecule has 0 aliphatic heterocycles. The molecule has 2 nitrogen and oxygen atoms in total. The van der Waals surface area contributed by atoms with Gasteiger partial charge in [0.2, 0.25) is 0 Å². The van der Waals surface area contributed by atoms with Gasteiger partial charge in [-0.05, 0) is 32.0 Å². The van der Waals surface area contributed by atoms with Crippen LogP contribution in [0.4, 0.5) is 0 Å². The monoisotopic (exact) mass is 160 g/mol. The van der Waals surface area contributed by atoms with E-state index < -0.39 is 0 Å². The molecule has 2 heterocycles. The Morgan fingerprint density at radius 1 is 1.50 bits per heavy atom. The van der Waals surface area contributed by atoms with Crippen LogP contribution >= 0.6 is 0 Å². The number of aryl methyl sites for hydroxylation is 2. The molecule has 0 aliphatic carbocycles. The molecule has 2 heteroatoms. The predicted molar refractivity (Wildman–Crippen MR) is 50.1 cm³/mol. The van der Waals surface area contributed by atoms with Gasteiger partial charge in [-0.2, -0.15) is 0 Å². The van der Waals surface area contributed by atoms with Crippen LogP contribution in [0.15, 0.2) is 24.4 Å². The highest BCUT2D eigenvalue weighted by Crippen LogP contribution is 2.15. The average Bonchev–Trinajstić information content (AvgIpc) is 2.40. The van der Waals surface area contributed by atoms with E-state index in [1.165, 1.54) is 11.1 Å². The normalized spacial score (nSPS) is 10.8. The lowest BCUT2D eigenvalue weighted by Gasteiger charge is -2.01. The topological polar surface area (TPSA) is 17.8 Å². The van der Waals surface area contributed by atoms with Gasteiger partial charge in [0.1, 0.15) is 5.65 Å². The average molecular weight is 160 g/mol. The van der Waals surface area contributed by atoms with Crippen LogP contribution in [0.25, 0.3) is 11.0 Å². The van der Waals surface area contributed by atoms with Crippen LogP contribution < -0.4 is 0 Å². The van der Waals surface area contributed by atoms with Crippen molar-refractivity contribution >= 4 is 11.0 Å². The number of hydrogen-bond acceptors (Lipinski definition) is 1. The number of rotatable bonds is 1. The first-order valence-electron chi connectivity index (χ1n) is 4.24. The van der Waals surface area contributed by atoms with E-state index in [0.29, 0.717) is 0 Å². The van der Waals surface area contributed by atoms with E-state index in [-0.39, 0.29) is 0 Å². The number of nitrogens with zero attached hydrogens (tertiary/aromatic N) is 2. The lowest BCUT2D eigenvalue weighted by atomic mass is 10.3. The fraction of sp³-hybridized carbons (Fsp3) is 0.300.